The fourth-order valence-corrected chi connectivity index (χ4v) is 2.39. The van der Waals surface area contributed by atoms with Gasteiger partial charge in [-0.05, 0) is 48.5 Å². The first-order valence-electron chi connectivity index (χ1n) is 8.56. The van der Waals surface area contributed by atoms with Crippen molar-refractivity contribution < 1.29 is 36.7 Å². The van der Waals surface area contributed by atoms with E-state index in [-0.39, 0.29) is 23.0 Å². The highest BCUT2D eigenvalue weighted by Gasteiger charge is 2.28. The van der Waals surface area contributed by atoms with Crippen molar-refractivity contribution in [1.82, 2.24) is 15.5 Å². The number of aliphatic hydroxyl groups excluding tert-OH is 1. The Hall–Kier alpha value is -3.47. The van der Waals surface area contributed by atoms with E-state index >= 15 is 0 Å². The third kappa shape index (κ3) is 5.54. The highest BCUT2D eigenvalue weighted by atomic mass is 19.4. The Labute approximate surface area is 167 Å². The van der Waals surface area contributed by atoms with Gasteiger partial charge in [-0.3, -0.25) is 4.79 Å². The lowest BCUT2D eigenvalue weighted by Crippen LogP contribution is -2.31. The Morgan fingerprint density at radius 1 is 1.13 bits per heavy atom. The Kier molecular flexibility index (Phi) is 6.31. The Morgan fingerprint density at radius 3 is 2.40 bits per heavy atom. The maximum atomic E-state index is 13.0. The molecule has 3 aromatic rings. The van der Waals surface area contributed by atoms with Crippen LogP contribution in [0.25, 0.3) is 11.4 Å². The third-order valence-electron chi connectivity index (χ3n) is 3.85. The number of aliphatic hydroxyl groups is 1. The molecule has 1 heterocycles. The molecule has 0 bridgehead atoms. The summed E-state index contributed by atoms with van der Waals surface area (Å²) in [4.78, 5) is 16.3. The van der Waals surface area contributed by atoms with Gasteiger partial charge in [-0.2, -0.15) is 18.2 Å². The summed E-state index contributed by atoms with van der Waals surface area (Å²) in [5, 5.41) is 15.8. The molecule has 3 rings (SSSR count). The van der Waals surface area contributed by atoms with Gasteiger partial charge in [-0.25, -0.2) is 4.39 Å². The number of hydrogen-bond acceptors (Lipinski definition) is 6. The normalized spacial score (nSPS) is 12.4. The summed E-state index contributed by atoms with van der Waals surface area (Å²) >= 11 is 0. The summed E-state index contributed by atoms with van der Waals surface area (Å²) < 4.78 is 59.2. The number of benzene rings is 2. The summed E-state index contributed by atoms with van der Waals surface area (Å²) in [6, 6.07) is 9.29. The van der Waals surface area contributed by atoms with Crippen LogP contribution >= 0.6 is 0 Å². The van der Waals surface area contributed by atoms with Gasteiger partial charge in [0.05, 0.1) is 6.61 Å². The molecule has 0 radical (unpaired) electrons. The number of nitrogens with zero attached hydrogens (tertiary/aromatic N) is 2. The molecule has 0 saturated carbocycles. The van der Waals surface area contributed by atoms with E-state index in [9.17, 15) is 27.5 Å². The van der Waals surface area contributed by atoms with Gasteiger partial charge in [0, 0.05) is 11.1 Å². The molecule has 0 unspecified atom stereocenters. The van der Waals surface area contributed by atoms with Crippen molar-refractivity contribution in [2.24, 2.45) is 0 Å². The molecule has 0 aliphatic rings. The largest absolute Gasteiger partial charge is 0.484 e. The van der Waals surface area contributed by atoms with Crippen LogP contribution in [0.3, 0.4) is 0 Å². The van der Waals surface area contributed by atoms with Crippen molar-refractivity contribution >= 4 is 5.91 Å². The van der Waals surface area contributed by atoms with Crippen LogP contribution in [0.4, 0.5) is 17.6 Å². The molecular formula is C19H15F4N3O4. The molecule has 0 aliphatic carbocycles. The molecule has 0 spiro atoms. The predicted molar refractivity (Wildman–Crippen MR) is 95.0 cm³/mol. The first-order chi connectivity index (χ1) is 14.2. The fraction of sp³-hybridized carbons (Fsp3) is 0.211. The zero-order valence-corrected chi connectivity index (χ0v) is 15.2. The predicted octanol–water partition coefficient (Wildman–Crippen LogP) is 3.28. The maximum Gasteiger partial charge on any atom is 0.422 e. The quantitative estimate of drug-likeness (QED) is 0.564. The average Bonchev–Trinajstić information content (AvgIpc) is 3.20. The highest BCUT2D eigenvalue weighted by Crippen LogP contribution is 2.23. The van der Waals surface area contributed by atoms with Crippen molar-refractivity contribution in [2.45, 2.75) is 12.2 Å². The molecule has 0 aliphatic heterocycles. The van der Waals surface area contributed by atoms with Gasteiger partial charge < -0.3 is 19.7 Å². The molecular weight excluding hydrogens is 410 g/mol. The van der Waals surface area contributed by atoms with Crippen molar-refractivity contribution in [3.05, 3.63) is 65.8 Å². The standard InChI is InChI=1S/C19H15F4N3O4/c20-13-5-1-12(2-6-13)17(28)24-15(9-27)18-25-16(26-30-18)11-3-7-14(8-4-11)29-10-19(21,22)23/h1-8,15,27H,9-10H2,(H,24,28)/t15-/m0/s1. The first kappa shape index (κ1) is 21.2. The number of aromatic nitrogens is 2. The van der Waals surface area contributed by atoms with Gasteiger partial charge in [-0.1, -0.05) is 5.16 Å². The number of hydrogen-bond donors (Lipinski definition) is 2. The molecule has 0 fully saturated rings. The number of ether oxygens (including phenoxy) is 1. The summed E-state index contributed by atoms with van der Waals surface area (Å²) in [7, 11) is 0. The number of carbonyl (C=O) groups is 1. The minimum Gasteiger partial charge on any atom is -0.484 e. The number of rotatable bonds is 7. The van der Waals surface area contributed by atoms with E-state index in [1.54, 1.807) is 0 Å². The molecule has 1 atom stereocenters. The van der Waals surface area contributed by atoms with E-state index in [4.69, 9.17) is 4.52 Å². The van der Waals surface area contributed by atoms with E-state index in [0.717, 1.165) is 12.1 Å². The van der Waals surface area contributed by atoms with E-state index in [2.05, 4.69) is 20.2 Å². The lowest BCUT2D eigenvalue weighted by atomic mass is 10.2. The fourth-order valence-electron chi connectivity index (χ4n) is 2.39. The summed E-state index contributed by atoms with van der Waals surface area (Å²) in [5.41, 5.74) is 0.593. The van der Waals surface area contributed by atoms with E-state index in [1.807, 2.05) is 0 Å². The van der Waals surface area contributed by atoms with Gasteiger partial charge in [-0.15, -0.1) is 0 Å². The Bertz CT molecular complexity index is 988. The van der Waals surface area contributed by atoms with E-state index in [1.165, 1.54) is 36.4 Å². The van der Waals surface area contributed by atoms with Gasteiger partial charge in [0.15, 0.2) is 6.61 Å². The highest BCUT2D eigenvalue weighted by molar-refractivity contribution is 5.94. The van der Waals surface area contributed by atoms with E-state index in [0.29, 0.717) is 5.56 Å². The molecule has 7 nitrogen and oxygen atoms in total. The lowest BCUT2D eigenvalue weighted by molar-refractivity contribution is -0.153. The minimum atomic E-state index is -4.45. The molecule has 1 aromatic heterocycles. The number of alkyl halides is 3. The smallest absolute Gasteiger partial charge is 0.422 e. The average molecular weight is 425 g/mol. The van der Waals surface area contributed by atoms with Gasteiger partial charge >= 0.3 is 6.18 Å². The summed E-state index contributed by atoms with van der Waals surface area (Å²) in [5.74, 6) is -1.05. The summed E-state index contributed by atoms with van der Waals surface area (Å²) in [6.45, 7) is -1.95. The van der Waals surface area contributed by atoms with Crippen LogP contribution in [0.15, 0.2) is 53.1 Å². The van der Waals surface area contributed by atoms with Crippen LogP contribution in [0, 0.1) is 5.82 Å². The molecule has 2 N–H and O–H groups in total. The van der Waals surface area contributed by atoms with Crippen LogP contribution in [-0.4, -0.2) is 40.5 Å². The van der Waals surface area contributed by atoms with Gasteiger partial charge in [0.1, 0.15) is 17.6 Å². The second-order valence-corrected chi connectivity index (χ2v) is 6.10. The second kappa shape index (κ2) is 8.91. The van der Waals surface area contributed by atoms with Crippen molar-refractivity contribution in [2.75, 3.05) is 13.2 Å². The van der Waals surface area contributed by atoms with Crippen molar-refractivity contribution in [1.29, 1.82) is 0 Å². The molecule has 1 amide bonds. The number of nitrogens with one attached hydrogen (secondary N) is 1. The second-order valence-electron chi connectivity index (χ2n) is 6.10. The number of halogens is 4. The van der Waals surface area contributed by atoms with Gasteiger partial charge in [0.25, 0.3) is 11.8 Å². The molecule has 11 heteroatoms. The van der Waals surface area contributed by atoms with Crippen LogP contribution in [0.1, 0.15) is 22.3 Å². The number of carbonyl (C=O) groups excluding carboxylic acids is 1. The van der Waals surface area contributed by atoms with Gasteiger partial charge in [0.2, 0.25) is 5.82 Å². The van der Waals surface area contributed by atoms with Crippen molar-refractivity contribution in [3.8, 4) is 17.1 Å². The topological polar surface area (TPSA) is 97.5 Å². The van der Waals surface area contributed by atoms with Crippen LogP contribution < -0.4 is 10.1 Å². The Balaban J connectivity index is 1.68. The molecule has 158 valence electrons. The molecule has 0 saturated heterocycles. The van der Waals surface area contributed by atoms with Crippen molar-refractivity contribution in [3.63, 3.8) is 0 Å². The lowest BCUT2D eigenvalue weighted by Gasteiger charge is -2.12. The van der Waals surface area contributed by atoms with Crippen LogP contribution in [0.2, 0.25) is 0 Å². The molecule has 30 heavy (non-hydrogen) atoms. The maximum absolute atomic E-state index is 13.0. The minimum absolute atomic E-state index is 0.0135. The summed E-state index contributed by atoms with van der Waals surface area (Å²) in [6.07, 6.45) is -4.45. The zero-order valence-electron chi connectivity index (χ0n) is 15.2. The SMILES string of the molecule is O=C(N[C@@H](CO)c1nc(-c2ccc(OCC(F)(F)F)cc2)no1)c1ccc(F)cc1. The van der Waals surface area contributed by atoms with Crippen LogP contribution in [0.5, 0.6) is 5.75 Å². The van der Waals surface area contributed by atoms with E-state index < -0.39 is 37.2 Å². The van der Waals surface area contributed by atoms with Crippen LogP contribution in [-0.2, 0) is 0 Å². The zero-order chi connectivity index (χ0) is 21.7. The third-order valence-corrected chi connectivity index (χ3v) is 3.85. The Morgan fingerprint density at radius 2 is 1.80 bits per heavy atom. The monoisotopic (exact) mass is 425 g/mol. The first-order valence-corrected chi connectivity index (χ1v) is 8.56. The number of amides is 1. The molecule has 2 aromatic carbocycles.